The van der Waals surface area contributed by atoms with E-state index in [1.807, 2.05) is 20.8 Å². The monoisotopic (exact) mass is 603 g/mol. The van der Waals surface area contributed by atoms with Gasteiger partial charge in [-0.15, -0.1) is 0 Å². The molecule has 3 aromatic carbocycles. The van der Waals surface area contributed by atoms with Gasteiger partial charge in [0.15, 0.2) is 0 Å². The quantitative estimate of drug-likeness (QED) is 0.291. The first kappa shape index (κ1) is 31.5. The highest BCUT2D eigenvalue weighted by Gasteiger charge is 2.32. The van der Waals surface area contributed by atoms with Crippen LogP contribution in [0.15, 0.2) is 71.6 Å². The molecule has 0 spiro atoms. The Hall–Kier alpha value is -3.07. The number of anilines is 1. The van der Waals surface area contributed by atoms with Crippen molar-refractivity contribution in [1.29, 1.82) is 0 Å². The molecule has 0 saturated heterocycles. The summed E-state index contributed by atoms with van der Waals surface area (Å²) in [7, 11) is -4.17. The predicted octanol–water partition coefficient (Wildman–Crippen LogP) is 6.00. The number of hydrogen-bond donors (Lipinski definition) is 1. The van der Waals surface area contributed by atoms with Crippen molar-refractivity contribution in [3.8, 4) is 0 Å². The van der Waals surface area contributed by atoms with Gasteiger partial charge in [0.05, 0.1) is 10.6 Å². The molecule has 0 fully saturated rings. The van der Waals surface area contributed by atoms with Gasteiger partial charge in [-0.05, 0) is 74.2 Å². The molecule has 3 rings (SSSR count). The molecule has 1 N–H and O–H groups in total. The van der Waals surface area contributed by atoms with Crippen molar-refractivity contribution >= 4 is 50.7 Å². The van der Waals surface area contributed by atoms with Crippen molar-refractivity contribution in [2.75, 3.05) is 17.4 Å². The largest absolute Gasteiger partial charge is 0.354 e. The van der Waals surface area contributed by atoms with Crippen molar-refractivity contribution in [1.82, 2.24) is 10.2 Å². The van der Waals surface area contributed by atoms with Crippen LogP contribution in [-0.2, 0) is 26.2 Å². The average molecular weight is 605 g/mol. The first-order valence-corrected chi connectivity index (χ1v) is 15.2. The molecule has 0 saturated carbocycles. The van der Waals surface area contributed by atoms with E-state index in [0.29, 0.717) is 22.2 Å². The number of carbonyl (C=O) groups excluding carboxylic acids is 2. The number of rotatable bonds is 11. The summed E-state index contributed by atoms with van der Waals surface area (Å²) in [6.45, 7) is 9.19. The molecule has 0 radical (unpaired) electrons. The molecule has 214 valence electrons. The fourth-order valence-corrected chi connectivity index (χ4v) is 5.76. The highest BCUT2D eigenvalue weighted by molar-refractivity contribution is 7.92. The fraction of sp³-hybridized carbons (Fsp3) is 0.333. The van der Waals surface area contributed by atoms with E-state index in [4.69, 9.17) is 23.2 Å². The molecule has 0 bridgehead atoms. The van der Waals surface area contributed by atoms with Crippen LogP contribution in [0.1, 0.15) is 37.5 Å². The smallest absolute Gasteiger partial charge is 0.264 e. The normalized spacial score (nSPS) is 12.2. The van der Waals surface area contributed by atoms with E-state index in [0.717, 1.165) is 15.4 Å². The molecule has 1 atom stereocenters. The average Bonchev–Trinajstić information content (AvgIpc) is 2.90. The molecule has 3 aromatic rings. The van der Waals surface area contributed by atoms with Crippen molar-refractivity contribution in [2.45, 2.75) is 52.1 Å². The summed E-state index contributed by atoms with van der Waals surface area (Å²) in [5.74, 6) is -0.676. The van der Waals surface area contributed by atoms with Gasteiger partial charge in [0.1, 0.15) is 12.6 Å². The van der Waals surface area contributed by atoms with Gasteiger partial charge in [0.25, 0.3) is 10.0 Å². The molecule has 0 aliphatic rings. The van der Waals surface area contributed by atoms with E-state index in [-0.39, 0.29) is 29.0 Å². The van der Waals surface area contributed by atoms with E-state index in [2.05, 4.69) is 5.32 Å². The number of nitrogens with zero attached hydrogens (tertiary/aromatic N) is 2. The second-order valence-corrected chi connectivity index (χ2v) is 12.9. The molecule has 0 aliphatic heterocycles. The third kappa shape index (κ3) is 7.99. The molecule has 0 aromatic heterocycles. The van der Waals surface area contributed by atoms with Crippen LogP contribution in [0.25, 0.3) is 0 Å². The number of amides is 2. The van der Waals surface area contributed by atoms with Crippen molar-refractivity contribution in [3.05, 3.63) is 93.5 Å². The summed E-state index contributed by atoms with van der Waals surface area (Å²) in [5, 5.41) is 3.72. The Bertz CT molecular complexity index is 1460. The van der Waals surface area contributed by atoms with Gasteiger partial charge in [0, 0.05) is 23.1 Å². The molecule has 0 unspecified atom stereocenters. The third-order valence-electron chi connectivity index (χ3n) is 6.43. The van der Waals surface area contributed by atoms with Gasteiger partial charge in [-0.2, -0.15) is 0 Å². The van der Waals surface area contributed by atoms with E-state index >= 15 is 0 Å². The summed E-state index contributed by atoms with van der Waals surface area (Å²) in [4.78, 5) is 28.4. The number of nitrogens with one attached hydrogen (secondary N) is 1. The van der Waals surface area contributed by atoms with E-state index in [1.54, 1.807) is 62.4 Å². The topological polar surface area (TPSA) is 86.8 Å². The molecule has 10 heteroatoms. The maximum Gasteiger partial charge on any atom is 0.264 e. The number of halogens is 2. The Morgan fingerprint density at radius 3 is 2.20 bits per heavy atom. The van der Waals surface area contributed by atoms with Gasteiger partial charge in [0.2, 0.25) is 11.8 Å². The summed E-state index contributed by atoms with van der Waals surface area (Å²) >= 11 is 12.5. The Labute approximate surface area is 247 Å². The highest BCUT2D eigenvalue weighted by atomic mass is 35.5. The van der Waals surface area contributed by atoms with Crippen LogP contribution < -0.4 is 9.62 Å². The minimum atomic E-state index is -4.17. The molecule has 40 heavy (non-hydrogen) atoms. The van der Waals surface area contributed by atoms with Crippen molar-refractivity contribution in [2.24, 2.45) is 5.92 Å². The zero-order valence-corrected chi connectivity index (χ0v) is 25.6. The Kier molecular flexibility index (Phi) is 10.6. The molecular weight excluding hydrogens is 569 g/mol. The van der Waals surface area contributed by atoms with Gasteiger partial charge < -0.3 is 10.2 Å². The summed E-state index contributed by atoms with van der Waals surface area (Å²) in [5.41, 5.74) is 2.61. The zero-order valence-electron chi connectivity index (χ0n) is 23.3. The lowest BCUT2D eigenvalue weighted by Gasteiger charge is -2.32. The molecule has 2 amide bonds. The maximum atomic E-state index is 14.0. The van der Waals surface area contributed by atoms with E-state index < -0.39 is 28.5 Å². The Morgan fingerprint density at radius 2 is 1.60 bits per heavy atom. The van der Waals surface area contributed by atoms with Crippen LogP contribution in [0, 0.1) is 19.8 Å². The number of hydrogen-bond acceptors (Lipinski definition) is 4. The van der Waals surface area contributed by atoms with Gasteiger partial charge in [-0.3, -0.25) is 13.9 Å². The van der Waals surface area contributed by atoms with Gasteiger partial charge in [-0.25, -0.2) is 8.42 Å². The molecule has 0 aliphatic carbocycles. The summed E-state index contributed by atoms with van der Waals surface area (Å²) < 4.78 is 28.8. The number of sulfonamides is 1. The number of aryl methyl sites for hydroxylation is 2. The second kappa shape index (κ2) is 13.5. The second-order valence-electron chi connectivity index (χ2n) is 10.2. The minimum Gasteiger partial charge on any atom is -0.354 e. The van der Waals surface area contributed by atoms with Crippen LogP contribution in [0.4, 0.5) is 5.69 Å². The van der Waals surface area contributed by atoms with Crippen molar-refractivity contribution in [3.63, 3.8) is 0 Å². The molecule has 0 heterocycles. The predicted molar refractivity (Wildman–Crippen MR) is 161 cm³/mol. The van der Waals surface area contributed by atoms with Crippen LogP contribution in [-0.4, -0.2) is 44.3 Å². The van der Waals surface area contributed by atoms with Crippen LogP contribution in [0.5, 0.6) is 0 Å². The van der Waals surface area contributed by atoms with Gasteiger partial charge in [-0.1, -0.05) is 72.9 Å². The minimum absolute atomic E-state index is 0.0340. The SMILES string of the molecule is Cc1ccc(S(=O)(=O)N(CC(=O)N(Cc2cccc(Cl)c2)[C@H](C)C(=O)NCC(C)C)c2ccc(C)c(Cl)c2)cc1. The Morgan fingerprint density at radius 1 is 0.925 bits per heavy atom. The van der Waals surface area contributed by atoms with Crippen LogP contribution >= 0.6 is 23.2 Å². The summed E-state index contributed by atoms with van der Waals surface area (Å²) in [6, 6.07) is 17.3. The third-order valence-corrected chi connectivity index (χ3v) is 8.86. The lowest BCUT2D eigenvalue weighted by atomic mass is 10.1. The van der Waals surface area contributed by atoms with Crippen LogP contribution in [0.3, 0.4) is 0 Å². The highest BCUT2D eigenvalue weighted by Crippen LogP contribution is 2.29. The van der Waals surface area contributed by atoms with E-state index in [9.17, 15) is 18.0 Å². The lowest BCUT2D eigenvalue weighted by molar-refractivity contribution is -0.139. The standard InChI is InChI=1S/C30H35Cl2N3O4S/c1-20(2)17-33-30(37)23(5)34(18-24-7-6-8-25(31)15-24)29(36)19-35(26-12-11-22(4)28(32)16-26)40(38,39)27-13-9-21(3)10-14-27/h6-16,20,23H,17-19H2,1-5H3,(H,33,37)/t23-/m1/s1. The van der Waals surface area contributed by atoms with Crippen molar-refractivity contribution < 1.29 is 18.0 Å². The maximum absolute atomic E-state index is 14.0. The fourth-order valence-electron chi connectivity index (χ4n) is 3.97. The Balaban J connectivity index is 2.04. The van der Waals surface area contributed by atoms with E-state index in [1.165, 1.54) is 23.1 Å². The zero-order chi connectivity index (χ0) is 29.6. The van der Waals surface area contributed by atoms with Gasteiger partial charge >= 0.3 is 0 Å². The lowest BCUT2D eigenvalue weighted by Crippen LogP contribution is -2.51. The summed E-state index contributed by atoms with van der Waals surface area (Å²) in [6.07, 6.45) is 0. The first-order chi connectivity index (χ1) is 18.8. The molecular formula is C30H35Cl2N3O4S. The molecule has 7 nitrogen and oxygen atoms in total. The number of carbonyl (C=O) groups is 2. The number of benzene rings is 3. The van der Waals surface area contributed by atoms with Crippen LogP contribution in [0.2, 0.25) is 10.0 Å². The first-order valence-electron chi connectivity index (χ1n) is 13.0.